The van der Waals surface area contributed by atoms with Crippen LogP contribution >= 0.6 is 0 Å². The first kappa shape index (κ1) is 12.6. The Morgan fingerprint density at radius 2 is 1.67 bits per heavy atom. The summed E-state index contributed by atoms with van der Waals surface area (Å²) >= 11 is 0. The topological polar surface area (TPSA) is 17.1 Å². The van der Waals surface area contributed by atoms with Gasteiger partial charge in [0.05, 0.1) is 0 Å². The van der Waals surface area contributed by atoms with E-state index in [2.05, 4.69) is 19.1 Å². The molecule has 0 spiro atoms. The fraction of sp³-hybridized carbons (Fsp3) is 0.235. The largest absolute Gasteiger partial charge is 0.289 e. The van der Waals surface area contributed by atoms with Crippen LogP contribution in [0.1, 0.15) is 40.4 Å². The average molecular weight is 238 g/mol. The third kappa shape index (κ3) is 2.67. The summed E-state index contributed by atoms with van der Waals surface area (Å²) in [6, 6.07) is 15.7. The van der Waals surface area contributed by atoms with Gasteiger partial charge in [-0.3, -0.25) is 4.79 Å². The Morgan fingerprint density at radius 3 is 2.28 bits per heavy atom. The van der Waals surface area contributed by atoms with Gasteiger partial charge in [0, 0.05) is 11.1 Å². The predicted octanol–water partition coefficient (Wildman–Crippen LogP) is 4.18. The lowest BCUT2D eigenvalue weighted by atomic mass is 9.98. The van der Waals surface area contributed by atoms with Crippen molar-refractivity contribution >= 4 is 5.78 Å². The summed E-state index contributed by atoms with van der Waals surface area (Å²) in [5, 5.41) is 0. The van der Waals surface area contributed by atoms with E-state index in [1.54, 1.807) is 0 Å². The van der Waals surface area contributed by atoms with Crippen LogP contribution in [-0.2, 0) is 6.42 Å². The van der Waals surface area contributed by atoms with Gasteiger partial charge in [-0.15, -0.1) is 0 Å². The molecule has 2 rings (SSSR count). The Kier molecular flexibility index (Phi) is 3.93. The van der Waals surface area contributed by atoms with E-state index in [0.29, 0.717) is 0 Å². The molecule has 2 aromatic carbocycles. The number of benzene rings is 2. The molecule has 0 saturated heterocycles. The fourth-order valence-electron chi connectivity index (χ4n) is 2.09. The van der Waals surface area contributed by atoms with Crippen LogP contribution in [0, 0.1) is 6.92 Å². The molecule has 1 nitrogen and oxygen atoms in total. The van der Waals surface area contributed by atoms with Crippen LogP contribution in [-0.4, -0.2) is 5.78 Å². The molecule has 1 heteroatoms. The summed E-state index contributed by atoms with van der Waals surface area (Å²) in [7, 11) is 0. The lowest BCUT2D eigenvalue weighted by Gasteiger charge is -2.05. The molecule has 0 aliphatic rings. The van der Waals surface area contributed by atoms with Crippen LogP contribution in [0.5, 0.6) is 0 Å². The van der Waals surface area contributed by atoms with Crippen LogP contribution in [0.25, 0.3) is 0 Å². The monoisotopic (exact) mass is 238 g/mol. The number of ketones is 1. The molecule has 0 heterocycles. The zero-order valence-corrected chi connectivity index (χ0v) is 10.9. The van der Waals surface area contributed by atoms with Gasteiger partial charge in [0.1, 0.15) is 0 Å². The SMILES string of the molecule is CCCc1ccc(C(=O)c2ccccc2C)cc1. The number of aryl methyl sites for hydroxylation is 2. The highest BCUT2D eigenvalue weighted by molar-refractivity contribution is 6.09. The molecule has 0 aromatic heterocycles. The lowest BCUT2D eigenvalue weighted by Crippen LogP contribution is -2.03. The van der Waals surface area contributed by atoms with E-state index < -0.39 is 0 Å². The van der Waals surface area contributed by atoms with Gasteiger partial charge in [0.15, 0.2) is 5.78 Å². The first-order valence-corrected chi connectivity index (χ1v) is 6.41. The third-order valence-electron chi connectivity index (χ3n) is 3.14. The standard InChI is InChI=1S/C17H18O/c1-3-6-14-9-11-15(12-10-14)17(18)16-8-5-4-7-13(16)2/h4-5,7-12H,3,6H2,1-2H3. The maximum absolute atomic E-state index is 12.3. The molecule has 0 fully saturated rings. The molecule has 0 radical (unpaired) electrons. The van der Waals surface area contributed by atoms with Crippen molar-refractivity contribution in [3.05, 3.63) is 70.8 Å². The number of hydrogen-bond donors (Lipinski definition) is 0. The van der Waals surface area contributed by atoms with Crippen LogP contribution in [0.15, 0.2) is 48.5 Å². The van der Waals surface area contributed by atoms with Crippen molar-refractivity contribution < 1.29 is 4.79 Å². The molecule has 92 valence electrons. The third-order valence-corrected chi connectivity index (χ3v) is 3.14. The zero-order chi connectivity index (χ0) is 13.0. The average Bonchev–Trinajstić information content (AvgIpc) is 2.40. The molecule has 2 aromatic rings. The van der Waals surface area contributed by atoms with Crippen molar-refractivity contribution in [2.45, 2.75) is 26.7 Å². The van der Waals surface area contributed by atoms with Gasteiger partial charge in [-0.1, -0.05) is 61.9 Å². The molecule has 18 heavy (non-hydrogen) atoms. The number of carbonyl (C=O) groups excluding carboxylic acids is 1. The summed E-state index contributed by atoms with van der Waals surface area (Å²) in [4.78, 5) is 12.3. The first-order valence-electron chi connectivity index (χ1n) is 6.41. The molecular formula is C17H18O. The summed E-state index contributed by atoms with van der Waals surface area (Å²) < 4.78 is 0. The first-order chi connectivity index (χ1) is 8.72. The number of rotatable bonds is 4. The van der Waals surface area contributed by atoms with Gasteiger partial charge in [-0.25, -0.2) is 0 Å². The summed E-state index contributed by atoms with van der Waals surface area (Å²) in [5.41, 5.74) is 3.88. The molecule has 0 aliphatic carbocycles. The quantitative estimate of drug-likeness (QED) is 0.730. The number of carbonyl (C=O) groups is 1. The molecular weight excluding hydrogens is 220 g/mol. The maximum Gasteiger partial charge on any atom is 0.193 e. The van der Waals surface area contributed by atoms with Gasteiger partial charge < -0.3 is 0 Å². The Morgan fingerprint density at radius 1 is 1.00 bits per heavy atom. The van der Waals surface area contributed by atoms with Crippen molar-refractivity contribution in [2.75, 3.05) is 0 Å². The highest BCUT2D eigenvalue weighted by Crippen LogP contribution is 2.15. The molecule has 0 unspecified atom stereocenters. The molecule has 0 N–H and O–H groups in total. The second-order valence-corrected chi connectivity index (χ2v) is 4.59. The van der Waals surface area contributed by atoms with E-state index in [0.717, 1.165) is 29.5 Å². The molecule has 0 saturated carbocycles. The summed E-state index contributed by atoms with van der Waals surface area (Å²) in [6.07, 6.45) is 2.20. The van der Waals surface area contributed by atoms with Crippen molar-refractivity contribution in [2.24, 2.45) is 0 Å². The minimum absolute atomic E-state index is 0.108. The van der Waals surface area contributed by atoms with Crippen LogP contribution < -0.4 is 0 Å². The van der Waals surface area contributed by atoms with Gasteiger partial charge in [-0.2, -0.15) is 0 Å². The van der Waals surface area contributed by atoms with Gasteiger partial charge in [0.25, 0.3) is 0 Å². The second kappa shape index (κ2) is 5.63. The fourth-order valence-corrected chi connectivity index (χ4v) is 2.09. The maximum atomic E-state index is 12.3. The van der Waals surface area contributed by atoms with Crippen LogP contribution in [0.3, 0.4) is 0 Å². The van der Waals surface area contributed by atoms with Crippen molar-refractivity contribution in [3.63, 3.8) is 0 Å². The van der Waals surface area contributed by atoms with E-state index in [-0.39, 0.29) is 5.78 Å². The Hall–Kier alpha value is -1.89. The molecule has 0 bridgehead atoms. The summed E-state index contributed by atoms with van der Waals surface area (Å²) in [6.45, 7) is 4.13. The van der Waals surface area contributed by atoms with E-state index in [1.807, 2.05) is 43.3 Å². The van der Waals surface area contributed by atoms with Gasteiger partial charge in [-0.05, 0) is 24.5 Å². The van der Waals surface area contributed by atoms with Crippen LogP contribution in [0.4, 0.5) is 0 Å². The lowest BCUT2D eigenvalue weighted by molar-refractivity contribution is 0.103. The Balaban J connectivity index is 2.27. The normalized spacial score (nSPS) is 10.3. The van der Waals surface area contributed by atoms with Crippen molar-refractivity contribution in [1.82, 2.24) is 0 Å². The molecule has 0 amide bonds. The second-order valence-electron chi connectivity index (χ2n) is 4.59. The minimum atomic E-state index is 0.108. The van der Waals surface area contributed by atoms with E-state index in [4.69, 9.17) is 0 Å². The highest BCUT2D eigenvalue weighted by Gasteiger charge is 2.10. The number of hydrogen-bond acceptors (Lipinski definition) is 1. The Bertz CT molecular complexity index is 538. The molecule has 0 atom stereocenters. The summed E-state index contributed by atoms with van der Waals surface area (Å²) in [5.74, 6) is 0.108. The van der Waals surface area contributed by atoms with Crippen LogP contribution in [0.2, 0.25) is 0 Å². The Labute approximate surface area is 108 Å². The predicted molar refractivity (Wildman–Crippen MR) is 75.0 cm³/mol. The minimum Gasteiger partial charge on any atom is -0.289 e. The zero-order valence-electron chi connectivity index (χ0n) is 10.9. The van der Waals surface area contributed by atoms with E-state index >= 15 is 0 Å². The molecule has 0 aliphatic heterocycles. The van der Waals surface area contributed by atoms with E-state index in [9.17, 15) is 4.79 Å². The smallest absolute Gasteiger partial charge is 0.193 e. The highest BCUT2D eigenvalue weighted by atomic mass is 16.1. The van der Waals surface area contributed by atoms with Gasteiger partial charge >= 0.3 is 0 Å². The van der Waals surface area contributed by atoms with Crippen molar-refractivity contribution in [3.8, 4) is 0 Å². The van der Waals surface area contributed by atoms with Crippen molar-refractivity contribution in [1.29, 1.82) is 0 Å². The van der Waals surface area contributed by atoms with E-state index in [1.165, 1.54) is 5.56 Å². The van der Waals surface area contributed by atoms with Gasteiger partial charge in [0.2, 0.25) is 0 Å².